The summed E-state index contributed by atoms with van der Waals surface area (Å²) in [5.41, 5.74) is 1.54. The minimum absolute atomic E-state index is 0. The van der Waals surface area contributed by atoms with Gasteiger partial charge in [0.1, 0.15) is 22.8 Å². The van der Waals surface area contributed by atoms with Crippen LogP contribution in [0.25, 0.3) is 0 Å². The van der Waals surface area contributed by atoms with Crippen LogP contribution in [-0.2, 0) is 0 Å². The van der Waals surface area contributed by atoms with Crippen LogP contribution >= 0.6 is 8.58 Å². The van der Waals surface area contributed by atoms with Gasteiger partial charge in [0.15, 0.2) is 5.52 Å². The summed E-state index contributed by atoms with van der Waals surface area (Å²) in [7, 11) is 3.11. The van der Waals surface area contributed by atoms with Crippen molar-refractivity contribution >= 4 is 38.3 Å². The standard InChI is InChI=1S/C21H27O4P.Li.H/c1-14(2)11-12-25-16-9-10-19(15(3)13-16)26-21(22)20-17(23-4)7-6-8-18(20)24-5;;/h6-10,13-14,26H,11-12H2,1-5H3;;. The van der Waals surface area contributed by atoms with E-state index in [4.69, 9.17) is 14.2 Å². The third-order valence-electron chi connectivity index (χ3n) is 4.06. The molecule has 1 unspecified atom stereocenters. The second kappa shape index (κ2) is 11.4. The fourth-order valence-corrected chi connectivity index (χ4v) is 3.59. The van der Waals surface area contributed by atoms with Gasteiger partial charge < -0.3 is 14.2 Å². The molecule has 1 atom stereocenters. The molecule has 0 bridgehead atoms. The monoisotopic (exact) mass is 382 g/mol. The van der Waals surface area contributed by atoms with Crippen LogP contribution in [0.1, 0.15) is 36.2 Å². The second-order valence-electron chi connectivity index (χ2n) is 6.50. The van der Waals surface area contributed by atoms with Gasteiger partial charge >= 0.3 is 18.9 Å². The Morgan fingerprint density at radius 2 is 1.70 bits per heavy atom. The predicted molar refractivity (Wildman–Crippen MR) is 115 cm³/mol. The molecule has 0 aromatic heterocycles. The molecule has 0 aliphatic carbocycles. The Kier molecular flexibility index (Phi) is 9.95. The summed E-state index contributed by atoms with van der Waals surface area (Å²) in [6, 6.07) is 11.3. The molecule has 0 aliphatic heterocycles. The van der Waals surface area contributed by atoms with Crippen LogP contribution in [0.15, 0.2) is 36.4 Å². The van der Waals surface area contributed by atoms with E-state index in [0.717, 1.165) is 23.0 Å². The van der Waals surface area contributed by atoms with Gasteiger partial charge in [0.25, 0.3) is 0 Å². The second-order valence-corrected chi connectivity index (χ2v) is 7.74. The van der Waals surface area contributed by atoms with Gasteiger partial charge in [-0.3, -0.25) is 4.79 Å². The minimum atomic E-state index is -0.00639. The van der Waals surface area contributed by atoms with Crippen LogP contribution in [0.5, 0.6) is 17.2 Å². The normalized spacial score (nSPS) is 10.7. The van der Waals surface area contributed by atoms with Crippen molar-refractivity contribution in [3.8, 4) is 17.2 Å². The summed E-state index contributed by atoms with van der Waals surface area (Å²) >= 11 is 0. The molecule has 0 aliphatic rings. The van der Waals surface area contributed by atoms with Crippen molar-refractivity contribution in [1.29, 1.82) is 0 Å². The summed E-state index contributed by atoms with van der Waals surface area (Å²) in [4.78, 5) is 12.9. The fraction of sp³-hybridized carbons (Fsp3) is 0.381. The number of aryl methyl sites for hydroxylation is 1. The number of rotatable bonds is 9. The van der Waals surface area contributed by atoms with Gasteiger partial charge in [-0.1, -0.05) is 26.0 Å². The molecule has 2 aromatic carbocycles. The van der Waals surface area contributed by atoms with Crippen molar-refractivity contribution < 1.29 is 19.0 Å². The SMILES string of the molecule is COc1cccc(OC)c1C(=O)Pc1ccc(OCCC(C)C)cc1C.[LiH]. The van der Waals surface area contributed by atoms with Crippen LogP contribution in [-0.4, -0.2) is 45.2 Å². The maximum absolute atomic E-state index is 12.9. The summed E-state index contributed by atoms with van der Waals surface area (Å²) in [6.07, 6.45) is 1.02. The van der Waals surface area contributed by atoms with Crippen LogP contribution < -0.4 is 19.5 Å². The molecule has 0 radical (unpaired) electrons. The van der Waals surface area contributed by atoms with Gasteiger partial charge in [0.05, 0.1) is 20.8 Å². The Hall–Kier alpha value is -1.46. The van der Waals surface area contributed by atoms with E-state index in [1.165, 1.54) is 0 Å². The molecule has 0 amide bonds. The van der Waals surface area contributed by atoms with Crippen molar-refractivity contribution in [1.82, 2.24) is 0 Å². The first-order chi connectivity index (χ1) is 12.5. The molecule has 142 valence electrons. The number of carbonyl (C=O) groups is 1. The summed E-state index contributed by atoms with van der Waals surface area (Å²) < 4.78 is 16.5. The first-order valence-electron chi connectivity index (χ1n) is 8.72. The number of benzene rings is 2. The Morgan fingerprint density at radius 3 is 2.22 bits per heavy atom. The van der Waals surface area contributed by atoms with Crippen molar-refractivity contribution in [3.05, 3.63) is 47.5 Å². The number of carbonyl (C=O) groups excluding carboxylic acids is 1. The number of ether oxygens (including phenoxy) is 3. The van der Waals surface area contributed by atoms with E-state index in [1.54, 1.807) is 26.4 Å². The zero-order valence-corrected chi connectivity index (χ0v) is 17.1. The molecule has 0 saturated heterocycles. The molecular formula is C21H28LiO4P. The van der Waals surface area contributed by atoms with Crippen LogP contribution in [0, 0.1) is 12.8 Å². The molecule has 2 aromatic rings. The number of methoxy groups -OCH3 is 2. The average molecular weight is 382 g/mol. The summed E-state index contributed by atoms with van der Waals surface area (Å²) in [5.74, 6) is 2.53. The molecule has 0 N–H and O–H groups in total. The average Bonchev–Trinajstić information content (AvgIpc) is 2.62. The zero-order valence-electron chi connectivity index (χ0n) is 16.1. The maximum atomic E-state index is 12.9. The first kappa shape index (κ1) is 23.6. The van der Waals surface area contributed by atoms with Crippen LogP contribution in [0.2, 0.25) is 0 Å². The van der Waals surface area contributed by atoms with Gasteiger partial charge in [-0.25, -0.2) is 0 Å². The molecule has 27 heavy (non-hydrogen) atoms. The third kappa shape index (κ3) is 6.58. The zero-order chi connectivity index (χ0) is 19.1. The van der Waals surface area contributed by atoms with Crippen molar-refractivity contribution in [3.63, 3.8) is 0 Å². The first-order valence-corrected chi connectivity index (χ1v) is 9.72. The molecule has 6 heteroatoms. The Balaban J connectivity index is 0.00000364. The molecule has 0 heterocycles. The van der Waals surface area contributed by atoms with E-state index < -0.39 is 0 Å². The van der Waals surface area contributed by atoms with E-state index in [1.807, 2.05) is 31.2 Å². The van der Waals surface area contributed by atoms with Crippen LogP contribution in [0.4, 0.5) is 0 Å². The Bertz CT molecular complexity index is 740. The van der Waals surface area contributed by atoms with E-state index in [-0.39, 0.29) is 33.0 Å². The summed E-state index contributed by atoms with van der Waals surface area (Å²) in [6.45, 7) is 7.06. The molecule has 2 rings (SSSR count). The van der Waals surface area contributed by atoms with E-state index in [0.29, 0.717) is 29.6 Å². The number of hydrogen-bond acceptors (Lipinski definition) is 4. The molecular weight excluding hydrogens is 354 g/mol. The van der Waals surface area contributed by atoms with Crippen molar-refractivity contribution in [2.24, 2.45) is 5.92 Å². The van der Waals surface area contributed by atoms with Gasteiger partial charge in [0, 0.05) is 0 Å². The van der Waals surface area contributed by atoms with Gasteiger partial charge in [-0.2, -0.15) is 0 Å². The van der Waals surface area contributed by atoms with Gasteiger partial charge in [0.2, 0.25) is 0 Å². The van der Waals surface area contributed by atoms with Gasteiger partial charge in [-0.05, 0) is 63.0 Å². The number of hydrogen-bond donors (Lipinski definition) is 0. The molecule has 0 fully saturated rings. The Labute approximate surface area is 175 Å². The summed E-state index contributed by atoms with van der Waals surface area (Å²) in [5, 5.41) is 0.999. The van der Waals surface area contributed by atoms with Crippen molar-refractivity contribution in [2.45, 2.75) is 27.2 Å². The third-order valence-corrected chi connectivity index (χ3v) is 5.37. The predicted octanol–water partition coefficient (Wildman–Crippen LogP) is 3.93. The fourth-order valence-electron chi connectivity index (χ4n) is 2.54. The molecule has 4 nitrogen and oxygen atoms in total. The topological polar surface area (TPSA) is 44.8 Å². The van der Waals surface area contributed by atoms with Gasteiger partial charge in [-0.15, -0.1) is 0 Å². The van der Waals surface area contributed by atoms with Crippen molar-refractivity contribution in [2.75, 3.05) is 20.8 Å². The van der Waals surface area contributed by atoms with E-state index in [9.17, 15) is 4.79 Å². The molecule has 0 saturated carbocycles. The quantitative estimate of drug-likeness (QED) is 0.487. The van der Waals surface area contributed by atoms with E-state index >= 15 is 0 Å². The molecule has 0 spiro atoms. The Morgan fingerprint density at radius 1 is 1.07 bits per heavy atom. The van der Waals surface area contributed by atoms with Crippen LogP contribution in [0.3, 0.4) is 0 Å². The van der Waals surface area contributed by atoms with E-state index in [2.05, 4.69) is 13.8 Å².